The van der Waals surface area contributed by atoms with E-state index in [4.69, 9.17) is 14.7 Å². The van der Waals surface area contributed by atoms with Crippen LogP contribution < -0.4 is 9.88 Å². The van der Waals surface area contributed by atoms with E-state index in [-0.39, 0.29) is 12.0 Å². The zero-order chi connectivity index (χ0) is 32.0. The lowest BCUT2D eigenvalue weighted by Crippen LogP contribution is -2.59. The van der Waals surface area contributed by atoms with Gasteiger partial charge in [0.15, 0.2) is 0 Å². The number of anilines is 1. The monoisotopic (exact) mass is 637 g/mol. The van der Waals surface area contributed by atoms with E-state index in [0.29, 0.717) is 42.4 Å². The molecule has 1 aromatic rings. The van der Waals surface area contributed by atoms with E-state index >= 15 is 0 Å². The first-order chi connectivity index (χ1) is 22.4. The fraction of sp³-hybridized carbons (Fsp3) is 0.838. The number of rotatable bonds is 17. The Morgan fingerprint density at radius 3 is 2.41 bits per heavy atom. The van der Waals surface area contributed by atoms with Crippen LogP contribution in [0.2, 0.25) is 0 Å². The third kappa shape index (κ3) is 7.50. The summed E-state index contributed by atoms with van der Waals surface area (Å²) < 4.78 is 8.13. The molecular weight excluding hydrogens is 576 g/mol. The highest BCUT2D eigenvalue weighted by molar-refractivity contribution is 5.91. The Morgan fingerprint density at radius 1 is 0.935 bits per heavy atom. The Morgan fingerprint density at radius 2 is 1.63 bits per heavy atom. The second-order valence-corrected chi connectivity index (χ2v) is 15.1. The Labute approximate surface area is 277 Å². The summed E-state index contributed by atoms with van der Waals surface area (Å²) in [4.78, 5) is 25.6. The highest BCUT2D eigenvalue weighted by atomic mass is 16.5. The van der Waals surface area contributed by atoms with Gasteiger partial charge in [-0.05, 0) is 65.2 Å². The van der Waals surface area contributed by atoms with Crippen LogP contribution >= 0.6 is 0 Å². The summed E-state index contributed by atoms with van der Waals surface area (Å²) in [5, 5.41) is 15.8. The van der Waals surface area contributed by atoms with E-state index in [1.807, 2.05) is 6.92 Å². The van der Waals surface area contributed by atoms with Crippen LogP contribution in [0, 0.1) is 6.92 Å². The summed E-state index contributed by atoms with van der Waals surface area (Å²) >= 11 is 0. The van der Waals surface area contributed by atoms with E-state index in [2.05, 4.69) is 28.6 Å². The number of aryl methyl sites for hydroxylation is 1. The number of carbonyl (C=O) groups excluding carboxylic acids is 1. The van der Waals surface area contributed by atoms with Crippen LogP contribution in [-0.2, 0) is 11.2 Å². The molecule has 0 spiro atoms. The van der Waals surface area contributed by atoms with Gasteiger partial charge in [-0.3, -0.25) is 10.5 Å². The van der Waals surface area contributed by atoms with Crippen molar-refractivity contribution in [1.82, 2.24) is 14.9 Å². The number of hydrogen-bond donors (Lipinski definition) is 2. The third-order valence-corrected chi connectivity index (χ3v) is 11.6. The van der Waals surface area contributed by atoms with Gasteiger partial charge < -0.3 is 9.64 Å². The minimum atomic E-state index is -0.198. The molecule has 2 saturated heterocycles. The van der Waals surface area contributed by atoms with Crippen molar-refractivity contribution >= 4 is 17.9 Å². The molecule has 2 N–H and O–H groups in total. The van der Waals surface area contributed by atoms with Crippen LogP contribution in [0.4, 0.5) is 5.95 Å². The fourth-order valence-corrected chi connectivity index (χ4v) is 9.14. The molecular formula is C37H61N6O3+. The highest BCUT2D eigenvalue weighted by Crippen LogP contribution is 2.39. The van der Waals surface area contributed by atoms with Crippen molar-refractivity contribution in [3.8, 4) is 0 Å². The van der Waals surface area contributed by atoms with E-state index < -0.39 is 0 Å². The van der Waals surface area contributed by atoms with E-state index in [1.54, 1.807) is 0 Å². The van der Waals surface area contributed by atoms with Gasteiger partial charge in [0.05, 0.1) is 36.5 Å². The number of nitrogens with zero attached hydrogens (tertiary/aromatic N) is 5. The molecule has 9 nitrogen and oxygen atoms in total. The van der Waals surface area contributed by atoms with Crippen molar-refractivity contribution in [3.63, 3.8) is 0 Å². The molecule has 0 saturated carbocycles. The maximum atomic E-state index is 13.3. The summed E-state index contributed by atoms with van der Waals surface area (Å²) in [6.07, 6.45) is 24.9. The topological polar surface area (TPSA) is 94.2 Å². The fourth-order valence-electron chi connectivity index (χ4n) is 9.14. The number of esters is 1. The van der Waals surface area contributed by atoms with Gasteiger partial charge in [0.1, 0.15) is 11.3 Å². The second kappa shape index (κ2) is 15.7. The second-order valence-electron chi connectivity index (χ2n) is 15.1. The van der Waals surface area contributed by atoms with Crippen LogP contribution in [0.15, 0.2) is 4.99 Å². The first-order valence-corrected chi connectivity index (χ1v) is 19.2. The molecule has 0 bridgehead atoms. The molecule has 1 aromatic heterocycles. The normalized spacial score (nSPS) is 27.7. The molecule has 0 aromatic carbocycles. The maximum absolute atomic E-state index is 13.3. The largest absolute Gasteiger partial charge is 0.462 e. The van der Waals surface area contributed by atoms with Gasteiger partial charge in [-0.25, -0.2) is 19.4 Å². The van der Waals surface area contributed by atoms with Crippen molar-refractivity contribution < 1.29 is 19.3 Å². The molecule has 5 aliphatic rings. The van der Waals surface area contributed by atoms with Crippen molar-refractivity contribution in [1.29, 1.82) is 0 Å². The van der Waals surface area contributed by atoms with E-state index in [9.17, 15) is 10.0 Å². The predicted octanol–water partition coefficient (Wildman–Crippen LogP) is 7.43. The van der Waals surface area contributed by atoms with Gasteiger partial charge in [0, 0.05) is 24.9 Å². The van der Waals surface area contributed by atoms with Crippen molar-refractivity contribution in [2.24, 2.45) is 4.99 Å². The Bertz CT molecular complexity index is 1220. The number of ether oxygens (including phenoxy) is 1. The molecule has 2 fully saturated rings. The lowest BCUT2D eigenvalue weighted by Gasteiger charge is -2.47. The quantitative estimate of drug-likeness (QED) is 0.104. The first kappa shape index (κ1) is 33.5. The lowest BCUT2D eigenvalue weighted by atomic mass is 9.97. The summed E-state index contributed by atoms with van der Waals surface area (Å²) in [5.41, 5.74) is 2.62. The molecule has 0 amide bonds. The van der Waals surface area contributed by atoms with E-state index in [0.717, 1.165) is 87.5 Å². The van der Waals surface area contributed by atoms with Crippen LogP contribution in [0.1, 0.15) is 170 Å². The maximum Gasteiger partial charge on any atom is 0.392 e. The molecule has 5 aliphatic heterocycles. The standard InChI is InChI=1S/C37H60N6O3/c1-4-5-6-7-8-10-13-16-28-24-32-20-21-33-34(27(3)38-36(39-28)42(32)33)35(44)46-22-15-12-9-11-14-17-29-25-31-19-18-30-23-26(2)43(45)37(40-29)41(30)31/h26,28-32,45H,4-25H2,1-3H3/p+1/t26-,28-,29-,30+,31+,32+/m1/s1. The Hall–Kier alpha value is -2.42. The Balaban J connectivity index is 0.892. The summed E-state index contributed by atoms with van der Waals surface area (Å²) in [6.45, 7) is 6.82. The zero-order valence-corrected chi connectivity index (χ0v) is 29.0. The summed E-state index contributed by atoms with van der Waals surface area (Å²) in [6, 6.07) is 2.53. The number of hydrogen-bond acceptors (Lipinski definition) is 8. The summed E-state index contributed by atoms with van der Waals surface area (Å²) in [7, 11) is 0. The number of carbonyl (C=O) groups is 1. The van der Waals surface area contributed by atoms with Crippen molar-refractivity contribution in [2.75, 3.05) is 11.9 Å². The third-order valence-electron chi connectivity index (χ3n) is 11.6. The molecule has 0 unspecified atom stereocenters. The van der Waals surface area contributed by atoms with E-state index in [1.165, 1.54) is 75.7 Å². The number of unbranched alkanes of at least 4 members (excludes halogenated alkanes) is 10. The van der Waals surface area contributed by atoms with Gasteiger partial charge in [-0.2, -0.15) is 0 Å². The van der Waals surface area contributed by atoms with Gasteiger partial charge in [-0.1, -0.05) is 82.5 Å². The minimum Gasteiger partial charge on any atom is -0.462 e. The van der Waals surface area contributed by atoms with Crippen molar-refractivity contribution in [3.05, 3.63) is 17.0 Å². The van der Waals surface area contributed by atoms with Crippen LogP contribution in [0.3, 0.4) is 0 Å². The number of aliphatic imine (C=N–C) groups is 1. The molecule has 6 rings (SSSR count). The van der Waals surface area contributed by atoms with Crippen LogP contribution in [0.25, 0.3) is 0 Å². The zero-order valence-electron chi connectivity index (χ0n) is 29.0. The molecule has 0 radical (unpaired) electrons. The smallest absolute Gasteiger partial charge is 0.392 e. The van der Waals surface area contributed by atoms with Gasteiger partial charge in [0.2, 0.25) is 5.96 Å². The minimum absolute atomic E-state index is 0.155. The van der Waals surface area contributed by atoms with Gasteiger partial charge in [0.25, 0.3) is 0 Å². The first-order valence-electron chi connectivity index (χ1n) is 19.2. The number of aromatic nitrogens is 2. The number of nitrogens with one attached hydrogen (secondary N) is 1. The molecule has 6 atom stereocenters. The summed E-state index contributed by atoms with van der Waals surface area (Å²) in [5.74, 6) is 1.59. The predicted molar refractivity (Wildman–Crippen MR) is 181 cm³/mol. The molecule has 6 heterocycles. The average molecular weight is 638 g/mol. The lowest BCUT2D eigenvalue weighted by molar-refractivity contribution is -0.710. The molecule has 9 heteroatoms. The number of guanidine groups is 1. The van der Waals surface area contributed by atoms with Crippen LogP contribution in [0.5, 0.6) is 0 Å². The van der Waals surface area contributed by atoms with Gasteiger partial charge >= 0.3 is 11.9 Å². The molecule has 46 heavy (non-hydrogen) atoms. The molecule has 256 valence electrons. The highest BCUT2D eigenvalue weighted by Gasteiger charge is 2.46. The number of hydroxylamine groups is 2. The van der Waals surface area contributed by atoms with Gasteiger partial charge in [-0.15, -0.1) is 0 Å². The van der Waals surface area contributed by atoms with Crippen LogP contribution in [-0.4, -0.2) is 68.9 Å². The SMILES string of the molecule is CCCCCCCCC[C@@H]1C[C@@H]2CCc3c(C(=O)OCCCCCCC[C@@H]4C[C@@H]5CC[C@H]6C[C@@H](C)N(O)C(=N4)N56)c(C)nc([n+]32)N1. The van der Waals surface area contributed by atoms with Crippen molar-refractivity contribution in [2.45, 2.75) is 192 Å². The Kier molecular flexibility index (Phi) is 11.4. The average Bonchev–Trinajstić information content (AvgIpc) is 3.65. The molecule has 0 aliphatic carbocycles.